The number of aromatic amines is 1. The van der Waals surface area contributed by atoms with Crippen molar-refractivity contribution in [3.05, 3.63) is 58.5 Å². The second-order valence-electron chi connectivity index (χ2n) is 4.13. The average molecular weight is 271 g/mol. The standard InChI is InChI=1S/C14H13N3O3/c1-9(18)16-10-4-6-11(7-5-10)17-14(20)12-3-2-8-15-13(12)19/h2-8H,1H3,(H,15,19)(H,16,18)(H,17,20). The van der Waals surface area contributed by atoms with Crippen LogP contribution in [0.2, 0.25) is 0 Å². The van der Waals surface area contributed by atoms with Gasteiger partial charge in [0.1, 0.15) is 5.56 Å². The summed E-state index contributed by atoms with van der Waals surface area (Å²) in [4.78, 5) is 36.7. The van der Waals surface area contributed by atoms with E-state index in [4.69, 9.17) is 0 Å². The number of amides is 2. The smallest absolute Gasteiger partial charge is 0.261 e. The molecule has 1 aromatic carbocycles. The maximum atomic E-state index is 11.9. The van der Waals surface area contributed by atoms with Crippen LogP contribution in [0.4, 0.5) is 11.4 Å². The lowest BCUT2D eigenvalue weighted by molar-refractivity contribution is -0.114. The normalized spacial score (nSPS) is 9.85. The number of pyridine rings is 1. The van der Waals surface area contributed by atoms with E-state index in [1.807, 2.05) is 0 Å². The molecule has 0 aliphatic heterocycles. The Morgan fingerprint density at radius 3 is 2.15 bits per heavy atom. The molecule has 0 radical (unpaired) electrons. The highest BCUT2D eigenvalue weighted by Gasteiger charge is 2.09. The first-order valence-electron chi connectivity index (χ1n) is 5.93. The molecule has 6 heteroatoms. The summed E-state index contributed by atoms with van der Waals surface area (Å²) < 4.78 is 0. The SMILES string of the molecule is CC(=O)Nc1ccc(NC(=O)c2ccc[nH]c2=O)cc1. The third-order valence-electron chi connectivity index (χ3n) is 2.53. The lowest BCUT2D eigenvalue weighted by Gasteiger charge is -2.06. The summed E-state index contributed by atoms with van der Waals surface area (Å²) in [5, 5.41) is 5.23. The largest absolute Gasteiger partial charge is 0.328 e. The van der Waals surface area contributed by atoms with Gasteiger partial charge in [-0.2, -0.15) is 0 Å². The van der Waals surface area contributed by atoms with Crippen molar-refractivity contribution in [3.63, 3.8) is 0 Å². The first-order valence-corrected chi connectivity index (χ1v) is 5.93. The van der Waals surface area contributed by atoms with Gasteiger partial charge in [0.25, 0.3) is 11.5 Å². The lowest BCUT2D eigenvalue weighted by Crippen LogP contribution is -2.22. The number of H-pyrrole nitrogens is 1. The fraction of sp³-hybridized carbons (Fsp3) is 0.0714. The highest BCUT2D eigenvalue weighted by Crippen LogP contribution is 2.14. The van der Waals surface area contributed by atoms with Crippen LogP contribution in [-0.2, 0) is 4.79 Å². The number of aromatic nitrogens is 1. The van der Waals surface area contributed by atoms with Crippen LogP contribution in [-0.4, -0.2) is 16.8 Å². The minimum absolute atomic E-state index is 0.0402. The molecule has 2 aromatic rings. The van der Waals surface area contributed by atoms with Crippen molar-refractivity contribution in [1.29, 1.82) is 0 Å². The fourth-order valence-corrected chi connectivity index (χ4v) is 1.64. The maximum absolute atomic E-state index is 11.9. The molecular weight excluding hydrogens is 258 g/mol. The van der Waals surface area contributed by atoms with Gasteiger partial charge in [-0.3, -0.25) is 14.4 Å². The first-order chi connectivity index (χ1) is 9.56. The molecule has 102 valence electrons. The van der Waals surface area contributed by atoms with Gasteiger partial charge in [-0.25, -0.2) is 0 Å². The number of anilines is 2. The van der Waals surface area contributed by atoms with Gasteiger partial charge in [0.2, 0.25) is 5.91 Å². The van der Waals surface area contributed by atoms with E-state index in [0.717, 1.165) is 0 Å². The van der Waals surface area contributed by atoms with Crippen molar-refractivity contribution >= 4 is 23.2 Å². The molecule has 1 aromatic heterocycles. The number of hydrogen-bond acceptors (Lipinski definition) is 3. The summed E-state index contributed by atoms with van der Waals surface area (Å²) in [5.41, 5.74) is 0.763. The quantitative estimate of drug-likeness (QED) is 0.791. The minimum Gasteiger partial charge on any atom is -0.328 e. The van der Waals surface area contributed by atoms with Crippen LogP contribution in [0.1, 0.15) is 17.3 Å². The van der Waals surface area contributed by atoms with Crippen LogP contribution in [0.25, 0.3) is 0 Å². The molecule has 0 atom stereocenters. The lowest BCUT2D eigenvalue weighted by atomic mass is 10.2. The molecule has 0 unspecified atom stereocenters. The molecule has 2 rings (SSSR count). The summed E-state index contributed by atoms with van der Waals surface area (Å²) in [6.45, 7) is 1.41. The van der Waals surface area contributed by atoms with Crippen molar-refractivity contribution in [2.75, 3.05) is 10.6 Å². The van der Waals surface area contributed by atoms with Crippen LogP contribution >= 0.6 is 0 Å². The molecule has 0 saturated carbocycles. The van der Waals surface area contributed by atoms with Crippen molar-refractivity contribution in [2.45, 2.75) is 6.92 Å². The zero-order chi connectivity index (χ0) is 14.5. The Hall–Kier alpha value is -2.89. The third kappa shape index (κ3) is 3.32. The summed E-state index contributed by atoms with van der Waals surface area (Å²) >= 11 is 0. The maximum Gasteiger partial charge on any atom is 0.261 e. The van der Waals surface area contributed by atoms with Gasteiger partial charge < -0.3 is 15.6 Å². The topological polar surface area (TPSA) is 91.1 Å². The Morgan fingerprint density at radius 2 is 1.60 bits per heavy atom. The van der Waals surface area contributed by atoms with E-state index in [9.17, 15) is 14.4 Å². The summed E-state index contributed by atoms with van der Waals surface area (Å²) in [6, 6.07) is 9.62. The second-order valence-corrected chi connectivity index (χ2v) is 4.13. The number of hydrogen-bond donors (Lipinski definition) is 3. The summed E-state index contributed by atoms with van der Waals surface area (Å²) in [7, 11) is 0. The minimum atomic E-state index is -0.487. The van der Waals surface area contributed by atoms with Gasteiger partial charge in [-0.15, -0.1) is 0 Å². The molecule has 20 heavy (non-hydrogen) atoms. The van der Waals surface area contributed by atoms with Gasteiger partial charge in [0.15, 0.2) is 0 Å². The highest BCUT2D eigenvalue weighted by molar-refractivity contribution is 6.04. The van der Waals surface area contributed by atoms with Crippen LogP contribution in [0.5, 0.6) is 0 Å². The molecule has 0 aliphatic carbocycles. The van der Waals surface area contributed by atoms with E-state index < -0.39 is 11.5 Å². The molecule has 0 aliphatic rings. The van der Waals surface area contributed by atoms with Gasteiger partial charge in [0.05, 0.1) is 0 Å². The first kappa shape index (κ1) is 13.5. The zero-order valence-corrected chi connectivity index (χ0v) is 10.8. The van der Waals surface area contributed by atoms with E-state index in [-0.39, 0.29) is 11.5 Å². The van der Waals surface area contributed by atoms with Crippen LogP contribution in [0.3, 0.4) is 0 Å². The van der Waals surface area contributed by atoms with Gasteiger partial charge >= 0.3 is 0 Å². The van der Waals surface area contributed by atoms with Crippen molar-refractivity contribution in [1.82, 2.24) is 4.98 Å². The predicted molar refractivity (Wildman–Crippen MR) is 75.8 cm³/mol. The molecule has 0 spiro atoms. The number of benzene rings is 1. The molecule has 6 nitrogen and oxygen atoms in total. The van der Waals surface area contributed by atoms with E-state index in [1.54, 1.807) is 30.3 Å². The van der Waals surface area contributed by atoms with Crippen molar-refractivity contribution in [2.24, 2.45) is 0 Å². The Kier molecular flexibility index (Phi) is 3.95. The Labute approximate surface area is 114 Å². The molecule has 1 heterocycles. The molecular formula is C14H13N3O3. The van der Waals surface area contributed by atoms with E-state index in [0.29, 0.717) is 11.4 Å². The van der Waals surface area contributed by atoms with Gasteiger partial charge in [-0.1, -0.05) is 0 Å². The summed E-state index contributed by atoms with van der Waals surface area (Å²) in [6.07, 6.45) is 1.46. The van der Waals surface area contributed by atoms with Crippen molar-refractivity contribution in [3.8, 4) is 0 Å². The molecule has 2 amide bonds. The van der Waals surface area contributed by atoms with Crippen LogP contribution < -0.4 is 16.2 Å². The number of carbonyl (C=O) groups is 2. The Balaban J connectivity index is 2.11. The monoisotopic (exact) mass is 271 g/mol. The molecule has 0 fully saturated rings. The third-order valence-corrected chi connectivity index (χ3v) is 2.53. The van der Waals surface area contributed by atoms with Crippen LogP contribution in [0, 0.1) is 0 Å². The Morgan fingerprint density at radius 1 is 1.00 bits per heavy atom. The Bertz CT molecular complexity index is 689. The van der Waals surface area contributed by atoms with E-state index >= 15 is 0 Å². The van der Waals surface area contributed by atoms with Gasteiger partial charge in [-0.05, 0) is 36.4 Å². The number of carbonyl (C=O) groups excluding carboxylic acids is 2. The fourth-order valence-electron chi connectivity index (χ4n) is 1.64. The summed E-state index contributed by atoms with van der Waals surface area (Å²) in [5.74, 6) is -0.656. The molecule has 3 N–H and O–H groups in total. The van der Waals surface area contributed by atoms with Gasteiger partial charge in [0, 0.05) is 24.5 Å². The number of rotatable bonds is 3. The van der Waals surface area contributed by atoms with Crippen molar-refractivity contribution < 1.29 is 9.59 Å². The van der Waals surface area contributed by atoms with E-state index in [2.05, 4.69) is 15.6 Å². The highest BCUT2D eigenvalue weighted by atomic mass is 16.2. The molecule has 0 saturated heterocycles. The predicted octanol–water partition coefficient (Wildman–Crippen LogP) is 1.59. The van der Waals surface area contributed by atoms with Crippen LogP contribution in [0.15, 0.2) is 47.4 Å². The average Bonchev–Trinajstić information content (AvgIpc) is 2.41. The van der Waals surface area contributed by atoms with E-state index in [1.165, 1.54) is 19.2 Å². The second kappa shape index (κ2) is 5.83. The zero-order valence-electron chi connectivity index (χ0n) is 10.8. The number of nitrogens with one attached hydrogen (secondary N) is 3. The molecule has 0 bridgehead atoms.